The molecular weight excluding hydrogens is 350 g/mol. The molecule has 1 heterocycles. The third kappa shape index (κ3) is 2.87. The second-order valence-electron chi connectivity index (χ2n) is 8.64. The second-order valence-corrected chi connectivity index (χ2v) is 10.5. The van der Waals surface area contributed by atoms with E-state index in [1.807, 2.05) is 13.8 Å². The smallest absolute Gasteiger partial charge is 0.324 e. The molecule has 2 fully saturated rings. The lowest BCUT2D eigenvalue weighted by molar-refractivity contribution is -0.145. The monoisotopic (exact) mass is 379 g/mol. The Labute approximate surface area is 156 Å². The van der Waals surface area contributed by atoms with Crippen molar-refractivity contribution in [1.82, 2.24) is 4.31 Å². The quantitative estimate of drug-likeness (QED) is 0.754. The first-order chi connectivity index (χ1) is 12.0. The van der Waals surface area contributed by atoms with Gasteiger partial charge >= 0.3 is 5.97 Å². The van der Waals surface area contributed by atoms with Crippen molar-refractivity contribution in [2.75, 3.05) is 7.11 Å². The minimum absolute atomic E-state index is 0.0170. The fourth-order valence-corrected chi connectivity index (χ4v) is 7.18. The summed E-state index contributed by atoms with van der Waals surface area (Å²) in [6.45, 7) is 8.30. The average Bonchev–Trinajstić information content (AvgIpc) is 2.89. The number of hydrogen-bond donors (Lipinski definition) is 0. The van der Waals surface area contributed by atoms with Gasteiger partial charge in [0.05, 0.1) is 12.0 Å². The molecule has 3 rings (SSSR count). The van der Waals surface area contributed by atoms with Gasteiger partial charge in [-0.05, 0) is 56.6 Å². The van der Waals surface area contributed by atoms with E-state index in [2.05, 4.69) is 13.8 Å². The summed E-state index contributed by atoms with van der Waals surface area (Å²) in [4.78, 5) is 12.8. The van der Waals surface area contributed by atoms with Gasteiger partial charge in [-0.15, -0.1) is 0 Å². The molecule has 1 aliphatic carbocycles. The molecule has 1 aliphatic heterocycles. The van der Waals surface area contributed by atoms with Crippen molar-refractivity contribution in [3.8, 4) is 0 Å². The van der Waals surface area contributed by atoms with Crippen molar-refractivity contribution in [2.24, 2.45) is 11.3 Å². The van der Waals surface area contributed by atoms with Gasteiger partial charge in [0.15, 0.2) is 0 Å². The van der Waals surface area contributed by atoms with Crippen molar-refractivity contribution < 1.29 is 17.9 Å². The maximum atomic E-state index is 13.6. The van der Waals surface area contributed by atoms with Crippen molar-refractivity contribution in [3.05, 3.63) is 29.8 Å². The summed E-state index contributed by atoms with van der Waals surface area (Å²) in [6.07, 6.45) is 3.27. The first-order valence-electron chi connectivity index (χ1n) is 9.23. The molecule has 0 spiro atoms. The number of carbonyl (C=O) groups excluding carboxylic acids is 1. The topological polar surface area (TPSA) is 63.7 Å². The molecule has 0 bridgehead atoms. The van der Waals surface area contributed by atoms with Crippen molar-refractivity contribution in [3.63, 3.8) is 0 Å². The summed E-state index contributed by atoms with van der Waals surface area (Å²) < 4.78 is 33.6. The molecule has 5 nitrogen and oxygen atoms in total. The fourth-order valence-electron chi connectivity index (χ4n) is 5.20. The molecule has 0 radical (unpaired) electrons. The zero-order valence-electron chi connectivity index (χ0n) is 16.3. The lowest BCUT2D eigenvalue weighted by Crippen LogP contribution is -2.56. The Bertz CT molecular complexity index is 800. The number of fused-ring (bicyclic) bond motifs is 1. The number of aryl methyl sites for hydroxylation is 1. The van der Waals surface area contributed by atoms with E-state index in [1.54, 1.807) is 24.3 Å². The first-order valence-corrected chi connectivity index (χ1v) is 10.7. The molecule has 0 amide bonds. The van der Waals surface area contributed by atoms with Crippen molar-refractivity contribution >= 4 is 16.0 Å². The summed E-state index contributed by atoms with van der Waals surface area (Å²) in [5.74, 6) is -0.347. The molecule has 1 aromatic rings. The van der Waals surface area contributed by atoms with Crippen LogP contribution in [0.5, 0.6) is 0 Å². The third-order valence-electron chi connectivity index (χ3n) is 6.49. The predicted octanol–water partition coefficient (Wildman–Crippen LogP) is 3.52. The Kier molecular flexibility index (Phi) is 4.72. The highest BCUT2D eigenvalue weighted by molar-refractivity contribution is 7.89. The highest BCUT2D eigenvalue weighted by atomic mass is 32.2. The maximum absolute atomic E-state index is 13.6. The number of rotatable bonds is 3. The average molecular weight is 380 g/mol. The van der Waals surface area contributed by atoms with Crippen LogP contribution in [0.2, 0.25) is 0 Å². The number of nitrogens with zero attached hydrogens (tertiary/aromatic N) is 1. The molecule has 144 valence electrons. The molecule has 3 unspecified atom stereocenters. The largest absolute Gasteiger partial charge is 0.468 e. The van der Waals surface area contributed by atoms with Crippen LogP contribution in [-0.4, -0.2) is 37.4 Å². The van der Waals surface area contributed by atoms with Crippen LogP contribution in [0, 0.1) is 18.3 Å². The molecule has 1 saturated carbocycles. The van der Waals surface area contributed by atoms with E-state index >= 15 is 0 Å². The second kappa shape index (κ2) is 6.34. The van der Waals surface area contributed by atoms with E-state index in [0.717, 1.165) is 24.8 Å². The number of carbonyl (C=O) groups is 1. The molecule has 0 N–H and O–H groups in total. The number of benzene rings is 1. The van der Waals surface area contributed by atoms with E-state index < -0.39 is 27.6 Å². The third-order valence-corrected chi connectivity index (χ3v) is 8.55. The van der Waals surface area contributed by atoms with Crippen LogP contribution < -0.4 is 0 Å². The van der Waals surface area contributed by atoms with Gasteiger partial charge in [0, 0.05) is 5.54 Å². The molecule has 3 atom stereocenters. The Morgan fingerprint density at radius 3 is 2.35 bits per heavy atom. The van der Waals surface area contributed by atoms with Gasteiger partial charge in [0.1, 0.15) is 6.04 Å². The molecule has 6 heteroatoms. The fraction of sp³-hybridized carbons (Fsp3) is 0.650. The van der Waals surface area contributed by atoms with E-state index in [0.29, 0.717) is 6.42 Å². The lowest BCUT2D eigenvalue weighted by atomic mass is 9.61. The van der Waals surface area contributed by atoms with Crippen LogP contribution in [0.25, 0.3) is 0 Å². The van der Waals surface area contributed by atoms with Gasteiger partial charge in [0.25, 0.3) is 0 Å². The zero-order valence-corrected chi connectivity index (χ0v) is 17.1. The van der Waals surface area contributed by atoms with Crippen LogP contribution in [0.15, 0.2) is 29.2 Å². The minimum atomic E-state index is -3.81. The molecule has 2 aliphatic rings. The van der Waals surface area contributed by atoms with Crippen molar-refractivity contribution in [1.29, 1.82) is 0 Å². The number of ether oxygens (including phenoxy) is 1. The highest BCUT2D eigenvalue weighted by Crippen LogP contribution is 2.57. The molecule has 0 aromatic heterocycles. The molecule has 26 heavy (non-hydrogen) atoms. The van der Waals surface area contributed by atoms with Crippen molar-refractivity contribution in [2.45, 2.75) is 69.9 Å². The van der Waals surface area contributed by atoms with Gasteiger partial charge in [-0.25, -0.2) is 8.42 Å². The Morgan fingerprint density at radius 1 is 1.15 bits per heavy atom. The summed E-state index contributed by atoms with van der Waals surface area (Å²) in [5, 5.41) is 0. The molecule has 1 aromatic carbocycles. The number of esters is 1. The predicted molar refractivity (Wildman–Crippen MR) is 100 cm³/mol. The van der Waals surface area contributed by atoms with E-state index in [-0.39, 0.29) is 16.2 Å². The summed E-state index contributed by atoms with van der Waals surface area (Å²) in [5.41, 5.74) is 0.402. The van der Waals surface area contributed by atoms with Crippen LogP contribution in [0.4, 0.5) is 0 Å². The highest BCUT2D eigenvalue weighted by Gasteiger charge is 2.62. The van der Waals surface area contributed by atoms with Gasteiger partial charge in [-0.1, -0.05) is 38.0 Å². The number of methoxy groups -OCH3 is 1. The Hall–Kier alpha value is -1.40. The Morgan fingerprint density at radius 2 is 1.77 bits per heavy atom. The van der Waals surface area contributed by atoms with E-state index in [4.69, 9.17) is 4.74 Å². The Balaban J connectivity index is 2.14. The van der Waals surface area contributed by atoms with Crippen LogP contribution in [-0.2, 0) is 19.6 Å². The van der Waals surface area contributed by atoms with Crippen LogP contribution >= 0.6 is 0 Å². The maximum Gasteiger partial charge on any atom is 0.324 e. The van der Waals surface area contributed by atoms with Crippen LogP contribution in [0.3, 0.4) is 0 Å². The van der Waals surface area contributed by atoms with Gasteiger partial charge in [0.2, 0.25) is 10.0 Å². The number of hydrogen-bond acceptors (Lipinski definition) is 4. The summed E-state index contributed by atoms with van der Waals surface area (Å²) >= 11 is 0. The zero-order chi connectivity index (χ0) is 19.3. The molecule has 1 saturated heterocycles. The van der Waals surface area contributed by atoms with E-state index in [9.17, 15) is 13.2 Å². The summed E-state index contributed by atoms with van der Waals surface area (Å²) in [6, 6.07) is 6.08. The minimum Gasteiger partial charge on any atom is -0.468 e. The van der Waals surface area contributed by atoms with Gasteiger partial charge in [-0.2, -0.15) is 4.31 Å². The normalized spacial score (nSPS) is 31.4. The standard InChI is InChI=1S/C20H29NO4S/c1-14-7-9-15(10-8-14)26(23,24)21-16(18(22)25-5)13-17-19(2,3)11-6-12-20(17,21)4/h7-10,16-17H,6,11-13H2,1-5H3. The van der Waals surface area contributed by atoms with Gasteiger partial charge in [-0.3, -0.25) is 4.79 Å². The van der Waals surface area contributed by atoms with Gasteiger partial charge < -0.3 is 4.74 Å². The first kappa shape index (κ1) is 19.4. The lowest BCUT2D eigenvalue weighted by Gasteiger charge is -2.49. The summed E-state index contributed by atoms with van der Waals surface area (Å²) in [7, 11) is -2.48. The SMILES string of the molecule is COC(=O)C1CC2C(C)(C)CCCC2(C)N1S(=O)(=O)c1ccc(C)cc1. The number of sulfonamides is 1. The van der Waals surface area contributed by atoms with Crippen LogP contribution in [0.1, 0.15) is 52.0 Å². The molecular formula is C20H29NO4S. The van der Waals surface area contributed by atoms with E-state index in [1.165, 1.54) is 11.4 Å².